The van der Waals surface area contributed by atoms with Crippen LogP contribution in [0.1, 0.15) is 24.0 Å². The summed E-state index contributed by atoms with van der Waals surface area (Å²) in [5.74, 6) is 0. The highest BCUT2D eigenvalue weighted by molar-refractivity contribution is 6.42. The second-order valence-electron chi connectivity index (χ2n) is 8.25. The summed E-state index contributed by atoms with van der Waals surface area (Å²) in [7, 11) is 0. The van der Waals surface area contributed by atoms with E-state index in [1.165, 1.54) is 9.13 Å². The van der Waals surface area contributed by atoms with Crippen molar-refractivity contribution in [2.75, 3.05) is 6.61 Å². The fourth-order valence-corrected chi connectivity index (χ4v) is 4.64. The first-order valence-corrected chi connectivity index (χ1v) is 11.5. The van der Waals surface area contributed by atoms with Crippen LogP contribution in [0.15, 0.2) is 58.4 Å². The van der Waals surface area contributed by atoms with Gasteiger partial charge in [0, 0.05) is 13.2 Å². The summed E-state index contributed by atoms with van der Waals surface area (Å²) in [6.45, 7) is 3.13. The fraction of sp³-hybridized carbons (Fsp3) is 0.292. The number of halogens is 2. The lowest BCUT2D eigenvalue weighted by atomic mass is 10.2. The minimum atomic E-state index is -0.419. The van der Waals surface area contributed by atoms with E-state index in [1.54, 1.807) is 23.0 Å². The Labute approximate surface area is 199 Å². The molecule has 0 spiro atoms. The van der Waals surface area contributed by atoms with Gasteiger partial charge in [0.2, 0.25) is 0 Å². The number of aromatic nitrogens is 4. The Kier molecular flexibility index (Phi) is 5.86. The molecular formula is C24H22Cl2N4O3. The smallest absolute Gasteiger partial charge is 0.337 e. The van der Waals surface area contributed by atoms with Crippen molar-refractivity contribution < 1.29 is 4.74 Å². The van der Waals surface area contributed by atoms with E-state index < -0.39 is 5.69 Å². The standard InChI is InChI=1S/C24H22Cl2N4O3/c1-15-5-2-3-7-20(15)30-22-21(23(31)29(24(30)32)13-17-6-4-10-33-17)28(14-27-22)12-16-8-9-18(25)19(26)11-16/h2-3,5,7-9,11,14,17H,4,6,10,12-13H2,1H3. The molecule has 1 saturated heterocycles. The summed E-state index contributed by atoms with van der Waals surface area (Å²) in [5.41, 5.74) is 2.33. The zero-order valence-corrected chi connectivity index (χ0v) is 19.5. The molecule has 33 heavy (non-hydrogen) atoms. The minimum absolute atomic E-state index is 0.162. The van der Waals surface area contributed by atoms with Crippen molar-refractivity contribution in [2.24, 2.45) is 0 Å². The molecule has 0 aliphatic carbocycles. The third-order valence-electron chi connectivity index (χ3n) is 6.00. The molecule has 5 rings (SSSR count). The van der Waals surface area contributed by atoms with Crippen LogP contribution in [-0.4, -0.2) is 31.4 Å². The van der Waals surface area contributed by atoms with E-state index in [0.29, 0.717) is 40.0 Å². The van der Waals surface area contributed by atoms with Gasteiger partial charge in [0.05, 0.1) is 34.7 Å². The molecule has 1 aliphatic heterocycles. The molecule has 0 bridgehead atoms. The lowest BCUT2D eigenvalue weighted by molar-refractivity contribution is 0.0950. The maximum absolute atomic E-state index is 13.6. The zero-order valence-electron chi connectivity index (χ0n) is 18.0. The molecule has 4 aromatic rings. The van der Waals surface area contributed by atoms with Crippen LogP contribution in [0.2, 0.25) is 10.0 Å². The third kappa shape index (κ3) is 4.01. The van der Waals surface area contributed by atoms with Gasteiger partial charge in [-0.25, -0.2) is 14.3 Å². The molecule has 2 aromatic carbocycles. The number of fused-ring (bicyclic) bond motifs is 1. The normalized spacial score (nSPS) is 16.0. The number of nitrogens with zero attached hydrogens (tertiary/aromatic N) is 4. The van der Waals surface area contributed by atoms with Gasteiger partial charge in [-0.05, 0) is 49.1 Å². The molecule has 170 valence electrons. The molecule has 3 heterocycles. The summed E-state index contributed by atoms with van der Waals surface area (Å²) in [6.07, 6.45) is 3.16. The van der Waals surface area contributed by atoms with Gasteiger partial charge in [0.1, 0.15) is 0 Å². The molecule has 0 radical (unpaired) electrons. The van der Waals surface area contributed by atoms with Gasteiger partial charge in [0.15, 0.2) is 11.2 Å². The van der Waals surface area contributed by atoms with Crippen molar-refractivity contribution in [1.82, 2.24) is 18.7 Å². The minimum Gasteiger partial charge on any atom is -0.376 e. The number of hydrogen-bond donors (Lipinski definition) is 0. The van der Waals surface area contributed by atoms with E-state index in [9.17, 15) is 9.59 Å². The number of imidazole rings is 1. The summed E-state index contributed by atoms with van der Waals surface area (Å²) in [5, 5.41) is 0.898. The Morgan fingerprint density at radius 1 is 1.12 bits per heavy atom. The number of rotatable bonds is 5. The molecular weight excluding hydrogens is 463 g/mol. The number of hydrogen-bond acceptors (Lipinski definition) is 4. The molecule has 1 atom stereocenters. The number of ether oxygens (including phenoxy) is 1. The highest BCUT2D eigenvalue weighted by Gasteiger charge is 2.24. The molecule has 1 unspecified atom stereocenters. The first kappa shape index (κ1) is 21.9. The third-order valence-corrected chi connectivity index (χ3v) is 6.74. The quantitative estimate of drug-likeness (QED) is 0.425. The molecule has 0 amide bonds. The molecule has 0 saturated carbocycles. The summed E-state index contributed by atoms with van der Waals surface area (Å²) in [6, 6.07) is 12.9. The van der Waals surface area contributed by atoms with Crippen molar-refractivity contribution in [3.05, 3.63) is 90.8 Å². The molecule has 2 aromatic heterocycles. The van der Waals surface area contributed by atoms with Gasteiger partial charge in [-0.3, -0.25) is 9.36 Å². The number of aryl methyl sites for hydroxylation is 1. The largest absolute Gasteiger partial charge is 0.376 e. The Hall–Kier alpha value is -2.87. The Balaban J connectivity index is 1.73. The fourth-order valence-electron chi connectivity index (χ4n) is 4.32. The van der Waals surface area contributed by atoms with Crippen LogP contribution in [0, 0.1) is 6.92 Å². The van der Waals surface area contributed by atoms with E-state index in [2.05, 4.69) is 4.98 Å². The van der Waals surface area contributed by atoms with E-state index in [0.717, 1.165) is 24.0 Å². The number of benzene rings is 2. The lowest BCUT2D eigenvalue weighted by Gasteiger charge is -2.16. The number of para-hydroxylation sites is 1. The summed E-state index contributed by atoms with van der Waals surface area (Å²) >= 11 is 12.2. The summed E-state index contributed by atoms with van der Waals surface area (Å²) < 4.78 is 10.3. The van der Waals surface area contributed by atoms with Crippen molar-refractivity contribution in [2.45, 2.75) is 39.0 Å². The molecule has 1 aliphatic rings. The first-order chi connectivity index (χ1) is 15.9. The predicted molar refractivity (Wildman–Crippen MR) is 129 cm³/mol. The van der Waals surface area contributed by atoms with Gasteiger partial charge in [-0.1, -0.05) is 47.5 Å². The SMILES string of the molecule is Cc1ccccc1-n1c(=O)n(CC2CCCO2)c(=O)c2c1ncn2Cc1ccc(Cl)c(Cl)c1. The van der Waals surface area contributed by atoms with Crippen LogP contribution in [0.4, 0.5) is 0 Å². The first-order valence-electron chi connectivity index (χ1n) is 10.8. The van der Waals surface area contributed by atoms with E-state index in [1.807, 2.05) is 37.3 Å². The summed E-state index contributed by atoms with van der Waals surface area (Å²) in [4.78, 5) is 31.7. The van der Waals surface area contributed by atoms with Crippen LogP contribution in [0.25, 0.3) is 16.9 Å². The maximum Gasteiger partial charge on any atom is 0.337 e. The average Bonchev–Trinajstić information content (AvgIpc) is 3.45. The zero-order chi connectivity index (χ0) is 23.1. The Bertz CT molecular complexity index is 1470. The molecule has 7 nitrogen and oxygen atoms in total. The van der Waals surface area contributed by atoms with Crippen LogP contribution >= 0.6 is 23.2 Å². The molecule has 1 fully saturated rings. The van der Waals surface area contributed by atoms with E-state index in [4.69, 9.17) is 27.9 Å². The predicted octanol–water partition coefficient (Wildman–Crippen LogP) is 4.19. The van der Waals surface area contributed by atoms with Gasteiger partial charge in [0.25, 0.3) is 5.56 Å². The second-order valence-corrected chi connectivity index (χ2v) is 9.06. The topological polar surface area (TPSA) is 71.1 Å². The average molecular weight is 485 g/mol. The van der Waals surface area contributed by atoms with Gasteiger partial charge < -0.3 is 9.30 Å². The van der Waals surface area contributed by atoms with Crippen molar-refractivity contribution in [3.8, 4) is 5.69 Å². The van der Waals surface area contributed by atoms with Crippen LogP contribution in [-0.2, 0) is 17.8 Å². The maximum atomic E-state index is 13.6. The van der Waals surface area contributed by atoms with Gasteiger partial charge in [-0.2, -0.15) is 0 Å². The monoisotopic (exact) mass is 484 g/mol. The highest BCUT2D eigenvalue weighted by Crippen LogP contribution is 2.24. The van der Waals surface area contributed by atoms with Gasteiger partial charge in [-0.15, -0.1) is 0 Å². The van der Waals surface area contributed by atoms with Crippen molar-refractivity contribution in [3.63, 3.8) is 0 Å². The lowest BCUT2D eigenvalue weighted by Crippen LogP contribution is -2.42. The highest BCUT2D eigenvalue weighted by atomic mass is 35.5. The second kappa shape index (κ2) is 8.82. The van der Waals surface area contributed by atoms with Gasteiger partial charge >= 0.3 is 5.69 Å². The van der Waals surface area contributed by atoms with Crippen LogP contribution in [0.5, 0.6) is 0 Å². The van der Waals surface area contributed by atoms with Crippen LogP contribution in [0.3, 0.4) is 0 Å². The van der Waals surface area contributed by atoms with Crippen molar-refractivity contribution in [1.29, 1.82) is 0 Å². The van der Waals surface area contributed by atoms with E-state index in [-0.39, 0.29) is 18.2 Å². The Morgan fingerprint density at radius 2 is 1.94 bits per heavy atom. The Morgan fingerprint density at radius 3 is 2.67 bits per heavy atom. The molecule has 0 N–H and O–H groups in total. The van der Waals surface area contributed by atoms with Crippen LogP contribution < -0.4 is 11.2 Å². The van der Waals surface area contributed by atoms with Crippen molar-refractivity contribution >= 4 is 34.4 Å². The molecule has 9 heteroatoms. The van der Waals surface area contributed by atoms with E-state index >= 15 is 0 Å².